The Morgan fingerprint density at radius 3 is 2.48 bits per heavy atom. The normalized spacial score (nSPS) is 29.2. The quantitative estimate of drug-likeness (QED) is 0.815. The minimum atomic E-state index is -1.24. The molecule has 132 valence electrons. The molecule has 5 amide bonds. The third-order valence-corrected chi connectivity index (χ3v) is 5.22. The van der Waals surface area contributed by atoms with E-state index in [-0.39, 0.29) is 31.1 Å². The number of benzene rings is 1. The lowest BCUT2D eigenvalue weighted by Crippen LogP contribution is -2.67. The lowest BCUT2D eigenvalue weighted by atomic mass is 9.95. The summed E-state index contributed by atoms with van der Waals surface area (Å²) >= 11 is 0. The number of nitrogens with two attached hydrogens (primary N) is 1. The molecule has 0 radical (unpaired) electrons. The zero-order valence-electron chi connectivity index (χ0n) is 13.9. The van der Waals surface area contributed by atoms with Crippen LogP contribution in [0.5, 0.6) is 0 Å². The third kappa shape index (κ3) is 2.21. The summed E-state index contributed by atoms with van der Waals surface area (Å²) in [6.45, 7) is 0.165. The number of carbonyl (C=O) groups is 3. The first-order valence-electron chi connectivity index (χ1n) is 8.31. The standard InChI is InChI=1S/C17H20N4O4/c1-25-17(11-5-3-2-4-6-11)10-19(15(18)23)9-13-14(22)20(12-7-8-12)16(24)21(13)17/h2-6,12-13H,7-10H2,1H3,(H2,18,23). The maximum absolute atomic E-state index is 13.1. The highest BCUT2D eigenvalue weighted by Crippen LogP contribution is 2.43. The molecule has 3 fully saturated rings. The molecule has 1 aromatic carbocycles. The third-order valence-electron chi connectivity index (χ3n) is 5.22. The molecule has 0 aromatic heterocycles. The van der Waals surface area contributed by atoms with Gasteiger partial charge in [0.25, 0.3) is 5.91 Å². The summed E-state index contributed by atoms with van der Waals surface area (Å²) in [5.41, 5.74) is 4.95. The van der Waals surface area contributed by atoms with Crippen molar-refractivity contribution in [1.29, 1.82) is 0 Å². The Bertz CT molecular complexity index is 735. The molecule has 8 heteroatoms. The molecule has 25 heavy (non-hydrogen) atoms. The largest absolute Gasteiger partial charge is 0.353 e. The number of ether oxygens (including phenoxy) is 1. The van der Waals surface area contributed by atoms with Crippen molar-refractivity contribution in [3.8, 4) is 0 Å². The molecule has 2 heterocycles. The van der Waals surface area contributed by atoms with Crippen molar-refractivity contribution in [1.82, 2.24) is 14.7 Å². The fraction of sp³-hybridized carbons (Fsp3) is 0.471. The number of urea groups is 2. The Labute approximate surface area is 145 Å². The van der Waals surface area contributed by atoms with Gasteiger partial charge >= 0.3 is 12.1 Å². The summed E-state index contributed by atoms with van der Waals surface area (Å²) in [5.74, 6) is -0.282. The van der Waals surface area contributed by atoms with Gasteiger partial charge in [-0.3, -0.25) is 14.6 Å². The Hall–Kier alpha value is -2.61. The van der Waals surface area contributed by atoms with Crippen LogP contribution < -0.4 is 5.73 Å². The fourth-order valence-corrected chi connectivity index (χ4v) is 3.84. The van der Waals surface area contributed by atoms with E-state index in [0.717, 1.165) is 12.8 Å². The van der Waals surface area contributed by atoms with Gasteiger partial charge < -0.3 is 15.4 Å². The Morgan fingerprint density at radius 1 is 1.24 bits per heavy atom. The number of hydrogen-bond donors (Lipinski definition) is 1. The minimum Gasteiger partial charge on any atom is -0.353 e. The van der Waals surface area contributed by atoms with Gasteiger partial charge in [0.2, 0.25) is 0 Å². The average Bonchev–Trinajstić information content (AvgIpc) is 3.42. The molecule has 2 saturated heterocycles. The first-order chi connectivity index (χ1) is 12.0. The van der Waals surface area contributed by atoms with Crippen LogP contribution >= 0.6 is 0 Å². The number of methoxy groups -OCH3 is 1. The lowest BCUT2D eigenvalue weighted by molar-refractivity contribution is -0.166. The maximum atomic E-state index is 13.1. The van der Waals surface area contributed by atoms with Gasteiger partial charge in [0, 0.05) is 18.7 Å². The second kappa shape index (κ2) is 5.45. The lowest BCUT2D eigenvalue weighted by Gasteiger charge is -2.49. The monoisotopic (exact) mass is 344 g/mol. The van der Waals surface area contributed by atoms with Gasteiger partial charge in [-0.05, 0) is 12.8 Å². The van der Waals surface area contributed by atoms with Gasteiger partial charge in [-0.15, -0.1) is 0 Å². The van der Waals surface area contributed by atoms with E-state index in [1.807, 2.05) is 30.3 Å². The summed E-state index contributed by atoms with van der Waals surface area (Å²) in [6.07, 6.45) is 1.64. The van der Waals surface area contributed by atoms with Crippen molar-refractivity contribution in [2.24, 2.45) is 5.73 Å². The average molecular weight is 344 g/mol. The van der Waals surface area contributed by atoms with Crippen LogP contribution in [-0.2, 0) is 15.3 Å². The van der Waals surface area contributed by atoms with Gasteiger partial charge in [-0.2, -0.15) is 0 Å². The number of rotatable bonds is 3. The fourth-order valence-electron chi connectivity index (χ4n) is 3.84. The molecule has 2 unspecified atom stereocenters. The number of carbonyl (C=O) groups excluding carboxylic acids is 3. The van der Waals surface area contributed by atoms with Crippen LogP contribution in [0.2, 0.25) is 0 Å². The van der Waals surface area contributed by atoms with Gasteiger partial charge in [0.1, 0.15) is 6.04 Å². The van der Waals surface area contributed by atoms with Crippen LogP contribution in [0.15, 0.2) is 30.3 Å². The summed E-state index contributed by atoms with van der Waals surface area (Å²) < 4.78 is 5.80. The number of piperazine rings is 1. The predicted octanol–water partition coefficient (Wildman–Crippen LogP) is 0.675. The van der Waals surface area contributed by atoms with Crippen LogP contribution in [-0.4, -0.2) is 65.0 Å². The van der Waals surface area contributed by atoms with Crippen LogP contribution in [0.25, 0.3) is 0 Å². The molecule has 0 bridgehead atoms. The number of imide groups is 1. The van der Waals surface area contributed by atoms with Crippen LogP contribution in [0.4, 0.5) is 9.59 Å². The van der Waals surface area contributed by atoms with Gasteiger partial charge in [-0.25, -0.2) is 9.59 Å². The molecule has 3 aliphatic rings. The minimum absolute atomic E-state index is 0.0436. The number of nitrogens with zero attached hydrogens (tertiary/aromatic N) is 3. The molecule has 0 spiro atoms. The number of fused-ring (bicyclic) bond motifs is 1. The molecule has 1 aromatic rings. The van der Waals surface area contributed by atoms with E-state index >= 15 is 0 Å². The number of hydrogen-bond acceptors (Lipinski definition) is 4. The zero-order valence-corrected chi connectivity index (χ0v) is 13.9. The predicted molar refractivity (Wildman–Crippen MR) is 87.2 cm³/mol. The second-order valence-corrected chi connectivity index (χ2v) is 6.68. The molecule has 1 saturated carbocycles. The SMILES string of the molecule is COC1(c2ccccc2)CN(C(N)=O)CC2C(=O)N(C3CC3)C(=O)N21. The van der Waals surface area contributed by atoms with E-state index < -0.39 is 17.8 Å². The molecular weight excluding hydrogens is 324 g/mol. The summed E-state index contributed by atoms with van der Waals surface area (Å²) in [6, 6.07) is 7.34. The van der Waals surface area contributed by atoms with E-state index in [0.29, 0.717) is 5.56 Å². The van der Waals surface area contributed by atoms with Crippen molar-refractivity contribution in [3.63, 3.8) is 0 Å². The highest BCUT2D eigenvalue weighted by Gasteiger charge is 2.61. The summed E-state index contributed by atoms with van der Waals surface area (Å²) in [4.78, 5) is 42.0. The Kier molecular flexibility index (Phi) is 3.47. The highest BCUT2D eigenvalue weighted by atomic mass is 16.5. The maximum Gasteiger partial charge on any atom is 0.330 e. The molecule has 1 aliphatic carbocycles. The molecular formula is C17H20N4O4. The number of amides is 5. The van der Waals surface area contributed by atoms with Crippen LogP contribution in [0.3, 0.4) is 0 Å². The van der Waals surface area contributed by atoms with Gasteiger partial charge in [-0.1, -0.05) is 30.3 Å². The summed E-state index contributed by atoms with van der Waals surface area (Å²) in [7, 11) is 1.48. The number of primary amides is 1. The molecule has 4 rings (SSSR count). The topological polar surface area (TPSA) is 96.2 Å². The van der Waals surface area contributed by atoms with Gasteiger partial charge in [0.15, 0.2) is 5.72 Å². The highest BCUT2D eigenvalue weighted by molar-refractivity contribution is 6.05. The van der Waals surface area contributed by atoms with Crippen LogP contribution in [0.1, 0.15) is 18.4 Å². The van der Waals surface area contributed by atoms with Crippen molar-refractivity contribution in [2.75, 3.05) is 20.2 Å². The van der Waals surface area contributed by atoms with Crippen molar-refractivity contribution in [2.45, 2.75) is 30.7 Å². The molecule has 2 atom stereocenters. The molecule has 8 nitrogen and oxygen atoms in total. The van der Waals surface area contributed by atoms with E-state index in [2.05, 4.69) is 0 Å². The molecule has 2 N–H and O–H groups in total. The van der Waals surface area contributed by atoms with E-state index in [9.17, 15) is 14.4 Å². The van der Waals surface area contributed by atoms with E-state index in [1.54, 1.807) is 0 Å². The van der Waals surface area contributed by atoms with Crippen molar-refractivity contribution in [3.05, 3.63) is 35.9 Å². The second-order valence-electron chi connectivity index (χ2n) is 6.68. The van der Waals surface area contributed by atoms with E-state index in [1.165, 1.54) is 21.8 Å². The Morgan fingerprint density at radius 2 is 1.92 bits per heavy atom. The van der Waals surface area contributed by atoms with Crippen LogP contribution in [0, 0.1) is 0 Å². The van der Waals surface area contributed by atoms with Gasteiger partial charge in [0.05, 0.1) is 13.1 Å². The molecule has 2 aliphatic heterocycles. The Balaban J connectivity index is 1.84. The summed E-state index contributed by atoms with van der Waals surface area (Å²) in [5, 5.41) is 0. The van der Waals surface area contributed by atoms with Crippen molar-refractivity contribution < 1.29 is 19.1 Å². The first-order valence-corrected chi connectivity index (χ1v) is 8.31. The first kappa shape index (κ1) is 15.9. The zero-order chi connectivity index (χ0) is 17.8. The van der Waals surface area contributed by atoms with Crippen molar-refractivity contribution >= 4 is 18.0 Å². The van der Waals surface area contributed by atoms with E-state index in [4.69, 9.17) is 10.5 Å². The smallest absolute Gasteiger partial charge is 0.330 e.